The summed E-state index contributed by atoms with van der Waals surface area (Å²) < 4.78 is 18.7. The zero-order chi connectivity index (χ0) is 13.0. The molecule has 1 aromatic carbocycles. The van der Waals surface area contributed by atoms with Crippen molar-refractivity contribution in [2.24, 2.45) is 0 Å². The lowest BCUT2D eigenvalue weighted by atomic mass is 10.2. The second kappa shape index (κ2) is 5.22. The first-order valence-corrected chi connectivity index (χ1v) is 5.12. The number of hydrogen-bond donors (Lipinski definition) is 0. The maximum atomic E-state index is 13.3. The predicted octanol–water partition coefficient (Wildman–Crippen LogP) is 2.71. The average molecular weight is 248 g/mol. The van der Waals surface area contributed by atoms with Gasteiger partial charge >= 0.3 is 5.69 Å². The van der Waals surface area contributed by atoms with Gasteiger partial charge in [0.25, 0.3) is 0 Å². The summed E-state index contributed by atoms with van der Waals surface area (Å²) in [6.07, 6.45) is 3.14. The van der Waals surface area contributed by atoms with Crippen LogP contribution in [0, 0.1) is 15.9 Å². The molecule has 0 aliphatic heterocycles. The number of nitrogens with zero attached hydrogens (tertiary/aromatic N) is 2. The molecule has 2 aromatic rings. The Morgan fingerprint density at radius 1 is 1.39 bits per heavy atom. The van der Waals surface area contributed by atoms with E-state index in [0.717, 1.165) is 12.1 Å². The van der Waals surface area contributed by atoms with Gasteiger partial charge in [-0.15, -0.1) is 0 Å². The smallest absolute Gasteiger partial charge is 0.304 e. The van der Waals surface area contributed by atoms with Crippen LogP contribution in [0.25, 0.3) is 0 Å². The topological polar surface area (TPSA) is 65.3 Å². The van der Waals surface area contributed by atoms with Crippen molar-refractivity contribution in [2.75, 3.05) is 0 Å². The van der Waals surface area contributed by atoms with E-state index in [1.807, 2.05) is 0 Å². The summed E-state index contributed by atoms with van der Waals surface area (Å²) >= 11 is 0. The van der Waals surface area contributed by atoms with Gasteiger partial charge in [-0.05, 0) is 29.8 Å². The summed E-state index contributed by atoms with van der Waals surface area (Å²) in [4.78, 5) is 13.5. The third kappa shape index (κ3) is 2.79. The lowest BCUT2D eigenvalue weighted by molar-refractivity contribution is -0.387. The van der Waals surface area contributed by atoms with Crippen molar-refractivity contribution in [1.29, 1.82) is 0 Å². The van der Waals surface area contributed by atoms with Crippen molar-refractivity contribution in [3.8, 4) is 5.75 Å². The maximum absolute atomic E-state index is 13.3. The fourth-order valence-electron chi connectivity index (χ4n) is 1.39. The highest BCUT2D eigenvalue weighted by Gasteiger charge is 2.13. The molecule has 5 nitrogen and oxygen atoms in total. The highest BCUT2D eigenvalue weighted by atomic mass is 19.1. The van der Waals surface area contributed by atoms with Crippen LogP contribution in [0.1, 0.15) is 5.56 Å². The van der Waals surface area contributed by atoms with Crippen molar-refractivity contribution in [1.82, 2.24) is 4.98 Å². The minimum Gasteiger partial charge on any atom is -0.487 e. The van der Waals surface area contributed by atoms with Crippen LogP contribution in [0.3, 0.4) is 0 Å². The second-order valence-corrected chi connectivity index (χ2v) is 3.52. The molecule has 2 rings (SSSR count). The Morgan fingerprint density at radius 2 is 2.22 bits per heavy atom. The van der Waals surface area contributed by atoms with Gasteiger partial charge in [-0.2, -0.15) is 4.39 Å². The average Bonchev–Trinajstić information content (AvgIpc) is 2.37. The summed E-state index contributed by atoms with van der Waals surface area (Å²) in [6, 6.07) is 7.10. The first kappa shape index (κ1) is 12.0. The number of nitro groups is 1. The number of hydrogen-bond acceptors (Lipinski definition) is 4. The zero-order valence-electron chi connectivity index (χ0n) is 9.25. The standard InChI is InChI=1S/C12H9FN2O3/c13-11-6-9(3-4-12(11)15(16)17)8-18-10-2-1-5-14-7-10/h1-7H,8H2. The second-order valence-electron chi connectivity index (χ2n) is 3.52. The van der Waals surface area contributed by atoms with Crippen LogP contribution < -0.4 is 4.74 Å². The third-order valence-electron chi connectivity index (χ3n) is 2.25. The summed E-state index contributed by atoms with van der Waals surface area (Å²) in [5, 5.41) is 10.4. The van der Waals surface area contributed by atoms with E-state index in [2.05, 4.69) is 4.98 Å². The summed E-state index contributed by atoms with van der Waals surface area (Å²) in [5.74, 6) is -0.316. The van der Waals surface area contributed by atoms with E-state index < -0.39 is 16.4 Å². The van der Waals surface area contributed by atoms with E-state index in [0.29, 0.717) is 11.3 Å². The highest BCUT2D eigenvalue weighted by Crippen LogP contribution is 2.19. The van der Waals surface area contributed by atoms with E-state index in [-0.39, 0.29) is 6.61 Å². The number of benzene rings is 1. The number of ether oxygens (including phenoxy) is 1. The number of halogens is 1. The van der Waals surface area contributed by atoms with E-state index >= 15 is 0 Å². The number of pyridine rings is 1. The molecule has 0 atom stereocenters. The van der Waals surface area contributed by atoms with Crippen molar-refractivity contribution in [3.05, 3.63) is 64.2 Å². The molecular formula is C12H9FN2O3. The molecular weight excluding hydrogens is 239 g/mol. The molecule has 0 saturated heterocycles. The van der Waals surface area contributed by atoms with Crippen LogP contribution in [0.5, 0.6) is 5.75 Å². The van der Waals surface area contributed by atoms with Gasteiger partial charge in [0, 0.05) is 12.3 Å². The number of nitro benzene ring substituents is 1. The molecule has 0 radical (unpaired) electrons. The van der Waals surface area contributed by atoms with E-state index in [4.69, 9.17) is 4.74 Å². The molecule has 0 fully saturated rings. The minimum atomic E-state index is -0.868. The van der Waals surface area contributed by atoms with Gasteiger partial charge in [0.1, 0.15) is 12.4 Å². The molecule has 0 unspecified atom stereocenters. The Hall–Kier alpha value is -2.50. The molecule has 1 aromatic heterocycles. The molecule has 92 valence electrons. The summed E-state index contributed by atoms with van der Waals surface area (Å²) in [5.41, 5.74) is -0.0259. The van der Waals surface area contributed by atoms with Crippen LogP contribution in [0.15, 0.2) is 42.7 Å². The Kier molecular flexibility index (Phi) is 3.47. The molecule has 6 heteroatoms. The Balaban J connectivity index is 2.07. The molecule has 0 aliphatic rings. The SMILES string of the molecule is O=[N+]([O-])c1ccc(COc2cccnc2)cc1F. The van der Waals surface area contributed by atoms with Crippen molar-refractivity contribution < 1.29 is 14.1 Å². The molecule has 0 N–H and O–H groups in total. The van der Waals surface area contributed by atoms with Gasteiger partial charge in [-0.1, -0.05) is 0 Å². The maximum Gasteiger partial charge on any atom is 0.304 e. The van der Waals surface area contributed by atoms with Crippen LogP contribution in [0.2, 0.25) is 0 Å². The number of aromatic nitrogens is 1. The Labute approximate surface area is 102 Å². The fraction of sp³-hybridized carbons (Fsp3) is 0.0833. The fourth-order valence-corrected chi connectivity index (χ4v) is 1.39. The number of rotatable bonds is 4. The van der Waals surface area contributed by atoms with Crippen LogP contribution >= 0.6 is 0 Å². The predicted molar refractivity (Wildman–Crippen MR) is 61.6 cm³/mol. The normalized spacial score (nSPS) is 10.1. The molecule has 0 bridgehead atoms. The third-order valence-corrected chi connectivity index (χ3v) is 2.25. The molecule has 0 aliphatic carbocycles. The Bertz CT molecular complexity index is 561. The summed E-state index contributed by atoms with van der Waals surface area (Å²) in [7, 11) is 0. The van der Waals surface area contributed by atoms with Crippen molar-refractivity contribution >= 4 is 5.69 Å². The lowest BCUT2D eigenvalue weighted by Crippen LogP contribution is -1.98. The van der Waals surface area contributed by atoms with Crippen molar-refractivity contribution in [3.63, 3.8) is 0 Å². The largest absolute Gasteiger partial charge is 0.487 e. The molecule has 18 heavy (non-hydrogen) atoms. The van der Waals surface area contributed by atoms with E-state index in [9.17, 15) is 14.5 Å². The van der Waals surface area contributed by atoms with Gasteiger partial charge in [-0.3, -0.25) is 15.1 Å². The van der Waals surface area contributed by atoms with Crippen molar-refractivity contribution in [2.45, 2.75) is 6.61 Å². The lowest BCUT2D eigenvalue weighted by Gasteiger charge is -2.05. The van der Waals surface area contributed by atoms with E-state index in [1.54, 1.807) is 18.3 Å². The van der Waals surface area contributed by atoms with Gasteiger partial charge < -0.3 is 4.74 Å². The zero-order valence-corrected chi connectivity index (χ0v) is 9.25. The van der Waals surface area contributed by atoms with Gasteiger partial charge in [0.15, 0.2) is 0 Å². The first-order chi connectivity index (χ1) is 8.66. The first-order valence-electron chi connectivity index (χ1n) is 5.12. The monoisotopic (exact) mass is 248 g/mol. The minimum absolute atomic E-state index is 0.126. The van der Waals surface area contributed by atoms with Crippen LogP contribution in [-0.4, -0.2) is 9.91 Å². The van der Waals surface area contributed by atoms with Crippen LogP contribution in [-0.2, 0) is 6.61 Å². The Morgan fingerprint density at radius 3 is 2.83 bits per heavy atom. The van der Waals surface area contributed by atoms with Crippen LogP contribution in [0.4, 0.5) is 10.1 Å². The highest BCUT2D eigenvalue weighted by molar-refractivity contribution is 5.35. The molecule has 0 amide bonds. The van der Waals surface area contributed by atoms with Gasteiger partial charge in [-0.25, -0.2) is 0 Å². The molecule has 0 spiro atoms. The van der Waals surface area contributed by atoms with Gasteiger partial charge in [0.2, 0.25) is 5.82 Å². The van der Waals surface area contributed by atoms with E-state index in [1.165, 1.54) is 12.3 Å². The molecule has 0 saturated carbocycles. The van der Waals surface area contributed by atoms with Gasteiger partial charge in [0.05, 0.1) is 11.1 Å². The summed E-state index contributed by atoms with van der Waals surface area (Å²) in [6.45, 7) is 0.126. The quantitative estimate of drug-likeness (QED) is 0.616. The molecule has 1 heterocycles.